The zero-order valence-electron chi connectivity index (χ0n) is 13.6. The molecule has 0 spiro atoms. The third kappa shape index (κ3) is 4.54. The van der Waals surface area contributed by atoms with E-state index in [1.54, 1.807) is 30.3 Å². The first-order chi connectivity index (χ1) is 11.9. The third-order valence-electron chi connectivity index (χ3n) is 3.31. The van der Waals surface area contributed by atoms with Gasteiger partial charge in [0.2, 0.25) is 0 Å². The lowest BCUT2D eigenvalue weighted by atomic mass is 10.2. The highest BCUT2D eigenvalue weighted by molar-refractivity contribution is 5.98. The first-order valence-corrected chi connectivity index (χ1v) is 7.31. The molecule has 0 bridgehead atoms. The number of nitro benzene ring substituents is 1. The van der Waals surface area contributed by atoms with Crippen LogP contribution in [-0.2, 0) is 9.53 Å². The van der Waals surface area contributed by atoms with Crippen LogP contribution < -0.4 is 10.1 Å². The molecular weight excluding hydrogens is 328 g/mol. The molecule has 130 valence electrons. The van der Waals surface area contributed by atoms with Gasteiger partial charge in [0.25, 0.3) is 11.6 Å². The van der Waals surface area contributed by atoms with Gasteiger partial charge in [0.05, 0.1) is 23.3 Å². The highest BCUT2D eigenvalue weighted by Crippen LogP contribution is 2.29. The Balaban J connectivity index is 2.09. The normalized spacial score (nSPS) is 11.3. The summed E-state index contributed by atoms with van der Waals surface area (Å²) in [6.45, 7) is 1.40. The topological polar surface area (TPSA) is 108 Å². The number of amides is 1. The maximum absolute atomic E-state index is 12.2. The van der Waals surface area contributed by atoms with E-state index in [1.807, 2.05) is 0 Å². The molecule has 1 amide bonds. The highest BCUT2D eigenvalue weighted by atomic mass is 16.6. The van der Waals surface area contributed by atoms with E-state index >= 15 is 0 Å². The van der Waals surface area contributed by atoms with Crippen molar-refractivity contribution in [2.75, 3.05) is 12.4 Å². The SMILES string of the molecule is COc1ccc([N+](=O)[O-])cc1NC(=O)[C@H](C)OC(=O)c1ccccc1. The number of hydrogen-bond acceptors (Lipinski definition) is 6. The summed E-state index contributed by atoms with van der Waals surface area (Å²) in [5.41, 5.74) is 0.226. The lowest BCUT2D eigenvalue weighted by Crippen LogP contribution is -2.30. The van der Waals surface area contributed by atoms with Crippen molar-refractivity contribution < 1.29 is 24.0 Å². The predicted octanol–water partition coefficient (Wildman–Crippen LogP) is 2.79. The van der Waals surface area contributed by atoms with Crippen molar-refractivity contribution in [3.63, 3.8) is 0 Å². The standard InChI is InChI=1S/C17H16N2O6/c1-11(25-17(21)12-6-4-3-5-7-12)16(20)18-14-10-13(19(22)23)8-9-15(14)24-2/h3-11H,1-2H3,(H,18,20)/t11-/m0/s1. The Morgan fingerprint density at radius 1 is 1.16 bits per heavy atom. The van der Waals surface area contributed by atoms with Crippen LogP contribution in [0.1, 0.15) is 17.3 Å². The van der Waals surface area contributed by atoms with Gasteiger partial charge in [0.15, 0.2) is 6.10 Å². The molecule has 1 atom stereocenters. The number of carbonyl (C=O) groups excluding carboxylic acids is 2. The second-order valence-electron chi connectivity index (χ2n) is 5.04. The van der Waals surface area contributed by atoms with Crippen LogP contribution in [0.5, 0.6) is 5.75 Å². The van der Waals surface area contributed by atoms with Crippen molar-refractivity contribution >= 4 is 23.3 Å². The minimum Gasteiger partial charge on any atom is -0.495 e. The zero-order chi connectivity index (χ0) is 18.4. The van der Waals surface area contributed by atoms with Crippen LogP contribution in [0.15, 0.2) is 48.5 Å². The fourth-order valence-corrected chi connectivity index (χ4v) is 2.00. The Morgan fingerprint density at radius 2 is 1.84 bits per heavy atom. The minimum absolute atomic E-state index is 0.115. The summed E-state index contributed by atoms with van der Waals surface area (Å²) in [5, 5.41) is 13.3. The number of methoxy groups -OCH3 is 1. The largest absolute Gasteiger partial charge is 0.495 e. The van der Waals surface area contributed by atoms with Gasteiger partial charge in [-0.3, -0.25) is 14.9 Å². The molecular formula is C17H16N2O6. The summed E-state index contributed by atoms with van der Waals surface area (Å²) in [7, 11) is 1.37. The van der Waals surface area contributed by atoms with Crippen LogP contribution in [0.3, 0.4) is 0 Å². The number of hydrogen-bond donors (Lipinski definition) is 1. The second-order valence-corrected chi connectivity index (χ2v) is 5.04. The molecule has 0 saturated carbocycles. The van der Waals surface area contributed by atoms with E-state index in [0.717, 1.165) is 0 Å². The first kappa shape index (κ1) is 17.9. The van der Waals surface area contributed by atoms with Gasteiger partial charge in [-0.15, -0.1) is 0 Å². The van der Waals surface area contributed by atoms with Crippen LogP contribution in [-0.4, -0.2) is 30.0 Å². The number of esters is 1. The molecule has 0 aliphatic carbocycles. The number of benzene rings is 2. The Bertz CT molecular complexity index is 791. The lowest BCUT2D eigenvalue weighted by molar-refractivity contribution is -0.384. The van der Waals surface area contributed by atoms with Gasteiger partial charge in [-0.05, 0) is 25.1 Å². The van der Waals surface area contributed by atoms with Gasteiger partial charge in [-0.2, -0.15) is 0 Å². The molecule has 0 unspecified atom stereocenters. The maximum atomic E-state index is 12.2. The molecule has 0 saturated heterocycles. The molecule has 0 aromatic heterocycles. The zero-order valence-corrected chi connectivity index (χ0v) is 13.6. The van der Waals surface area contributed by atoms with Crippen molar-refractivity contribution in [3.8, 4) is 5.75 Å². The van der Waals surface area contributed by atoms with Gasteiger partial charge >= 0.3 is 5.97 Å². The maximum Gasteiger partial charge on any atom is 0.338 e. The van der Waals surface area contributed by atoms with E-state index in [1.165, 1.54) is 32.2 Å². The number of rotatable bonds is 6. The molecule has 1 N–H and O–H groups in total. The van der Waals surface area contributed by atoms with E-state index in [9.17, 15) is 19.7 Å². The van der Waals surface area contributed by atoms with E-state index in [-0.39, 0.29) is 17.1 Å². The molecule has 0 heterocycles. The Labute approximate surface area is 143 Å². The monoisotopic (exact) mass is 344 g/mol. The van der Waals surface area contributed by atoms with Crippen LogP contribution in [0, 0.1) is 10.1 Å². The van der Waals surface area contributed by atoms with Crippen LogP contribution in [0.2, 0.25) is 0 Å². The van der Waals surface area contributed by atoms with Crippen molar-refractivity contribution in [2.24, 2.45) is 0 Å². The Morgan fingerprint density at radius 3 is 2.44 bits per heavy atom. The molecule has 0 aliphatic rings. The van der Waals surface area contributed by atoms with Crippen molar-refractivity contribution in [1.29, 1.82) is 0 Å². The number of non-ortho nitro benzene ring substituents is 1. The fraction of sp³-hybridized carbons (Fsp3) is 0.176. The van der Waals surface area contributed by atoms with Gasteiger partial charge in [0.1, 0.15) is 5.75 Å². The molecule has 8 nitrogen and oxygen atoms in total. The summed E-state index contributed by atoms with van der Waals surface area (Å²) in [6, 6.07) is 12.0. The molecule has 0 radical (unpaired) electrons. The van der Waals surface area contributed by atoms with Crippen molar-refractivity contribution in [3.05, 3.63) is 64.2 Å². The molecule has 8 heteroatoms. The molecule has 25 heavy (non-hydrogen) atoms. The van der Waals surface area contributed by atoms with Crippen LogP contribution >= 0.6 is 0 Å². The number of nitro groups is 1. The number of ether oxygens (including phenoxy) is 2. The van der Waals surface area contributed by atoms with E-state index in [2.05, 4.69) is 5.32 Å². The fourth-order valence-electron chi connectivity index (χ4n) is 2.00. The lowest BCUT2D eigenvalue weighted by Gasteiger charge is -2.15. The summed E-state index contributed by atoms with van der Waals surface area (Å²) >= 11 is 0. The summed E-state index contributed by atoms with van der Waals surface area (Å²) in [6.07, 6.45) is -1.10. The molecule has 0 fully saturated rings. The second kappa shape index (κ2) is 7.91. The quantitative estimate of drug-likeness (QED) is 0.490. The van der Waals surface area contributed by atoms with Crippen LogP contribution in [0.25, 0.3) is 0 Å². The van der Waals surface area contributed by atoms with Gasteiger partial charge < -0.3 is 14.8 Å². The first-order valence-electron chi connectivity index (χ1n) is 7.31. The molecule has 0 aliphatic heterocycles. The van der Waals surface area contributed by atoms with E-state index in [0.29, 0.717) is 5.56 Å². The average molecular weight is 344 g/mol. The number of nitrogens with one attached hydrogen (secondary N) is 1. The minimum atomic E-state index is -1.10. The number of nitrogens with zero attached hydrogens (tertiary/aromatic N) is 1. The van der Waals surface area contributed by atoms with Gasteiger partial charge in [0, 0.05) is 12.1 Å². The summed E-state index contributed by atoms with van der Waals surface area (Å²) < 4.78 is 10.2. The smallest absolute Gasteiger partial charge is 0.338 e. The number of anilines is 1. The summed E-state index contributed by atoms with van der Waals surface area (Å²) in [4.78, 5) is 34.4. The van der Waals surface area contributed by atoms with Crippen LogP contribution in [0.4, 0.5) is 11.4 Å². The predicted molar refractivity (Wildman–Crippen MR) is 89.6 cm³/mol. The molecule has 2 rings (SSSR count). The van der Waals surface area contributed by atoms with E-state index in [4.69, 9.17) is 9.47 Å². The van der Waals surface area contributed by atoms with Gasteiger partial charge in [-0.1, -0.05) is 18.2 Å². The average Bonchev–Trinajstić information content (AvgIpc) is 2.62. The molecule has 2 aromatic carbocycles. The van der Waals surface area contributed by atoms with Crippen molar-refractivity contribution in [2.45, 2.75) is 13.0 Å². The van der Waals surface area contributed by atoms with Gasteiger partial charge in [-0.25, -0.2) is 4.79 Å². The Hall–Kier alpha value is -3.42. The van der Waals surface area contributed by atoms with Crippen molar-refractivity contribution in [1.82, 2.24) is 0 Å². The highest BCUT2D eigenvalue weighted by Gasteiger charge is 2.21. The van der Waals surface area contributed by atoms with E-state index < -0.39 is 22.9 Å². The third-order valence-corrected chi connectivity index (χ3v) is 3.31. The number of carbonyl (C=O) groups is 2. The summed E-state index contributed by atoms with van der Waals surface area (Å²) in [5.74, 6) is -1.03. The molecule has 2 aromatic rings. The Kier molecular flexibility index (Phi) is 5.67.